The number of hydrogen-bond donors (Lipinski definition) is 0. The van der Waals surface area contributed by atoms with Gasteiger partial charge >= 0.3 is 18.1 Å². The minimum Gasteiger partial charge on any atom is -0.469 e. The maximum absolute atomic E-state index is 12.2. The minimum atomic E-state index is -5.55. The number of halogens is 5. The SMILES string of the molecule is COC(=O)CCCC(F)(F)C(F)(F)F. The van der Waals surface area contributed by atoms with Gasteiger partial charge in [-0.1, -0.05) is 0 Å². The molecule has 0 aliphatic heterocycles. The largest absolute Gasteiger partial charge is 0.469 e. The smallest absolute Gasteiger partial charge is 0.453 e. The number of hydrogen-bond acceptors (Lipinski definition) is 2. The van der Waals surface area contributed by atoms with E-state index in [4.69, 9.17) is 0 Å². The third kappa shape index (κ3) is 3.89. The molecule has 0 spiro atoms. The number of carbonyl (C=O) groups is 1. The molecule has 7 heteroatoms. The van der Waals surface area contributed by atoms with Crippen molar-refractivity contribution in [1.29, 1.82) is 0 Å². The number of rotatable bonds is 4. The lowest BCUT2D eigenvalue weighted by Crippen LogP contribution is -2.36. The van der Waals surface area contributed by atoms with E-state index >= 15 is 0 Å². The van der Waals surface area contributed by atoms with Gasteiger partial charge in [0.1, 0.15) is 0 Å². The molecule has 84 valence electrons. The van der Waals surface area contributed by atoms with Crippen molar-refractivity contribution in [3.63, 3.8) is 0 Å². The van der Waals surface area contributed by atoms with Crippen LogP contribution in [0.2, 0.25) is 0 Å². The van der Waals surface area contributed by atoms with Crippen LogP contribution in [-0.2, 0) is 9.53 Å². The van der Waals surface area contributed by atoms with Crippen LogP contribution in [0.15, 0.2) is 0 Å². The normalized spacial score (nSPS) is 12.7. The molecule has 0 aliphatic rings. The second-order valence-corrected chi connectivity index (χ2v) is 2.63. The highest BCUT2D eigenvalue weighted by Gasteiger charge is 2.56. The first kappa shape index (κ1) is 13.1. The fourth-order valence-electron chi connectivity index (χ4n) is 0.699. The average molecular weight is 220 g/mol. The molecule has 2 nitrogen and oxygen atoms in total. The first-order chi connectivity index (χ1) is 6.20. The van der Waals surface area contributed by atoms with Gasteiger partial charge in [0.2, 0.25) is 0 Å². The van der Waals surface area contributed by atoms with Crippen LogP contribution < -0.4 is 0 Å². The number of methoxy groups -OCH3 is 1. The van der Waals surface area contributed by atoms with Crippen LogP contribution in [0, 0.1) is 0 Å². The summed E-state index contributed by atoms with van der Waals surface area (Å²) in [6, 6.07) is 0. The summed E-state index contributed by atoms with van der Waals surface area (Å²) in [5, 5.41) is 0. The lowest BCUT2D eigenvalue weighted by Gasteiger charge is -2.18. The molecule has 0 bridgehead atoms. The number of ether oxygens (including phenoxy) is 1. The molecule has 0 fully saturated rings. The number of carbonyl (C=O) groups excluding carboxylic acids is 1. The Morgan fingerprint density at radius 3 is 2.07 bits per heavy atom. The van der Waals surface area contributed by atoms with Crippen LogP contribution in [0.3, 0.4) is 0 Å². The summed E-state index contributed by atoms with van der Waals surface area (Å²) in [6.07, 6.45) is -7.95. The summed E-state index contributed by atoms with van der Waals surface area (Å²) in [5.41, 5.74) is 0. The van der Waals surface area contributed by atoms with Gasteiger partial charge in [-0.15, -0.1) is 0 Å². The molecule has 0 amide bonds. The van der Waals surface area contributed by atoms with E-state index in [2.05, 4.69) is 4.74 Å². The molecule has 0 heterocycles. The monoisotopic (exact) mass is 220 g/mol. The Labute approximate surface area is 77.0 Å². The van der Waals surface area contributed by atoms with Crippen molar-refractivity contribution in [3.05, 3.63) is 0 Å². The molecule has 0 N–H and O–H groups in total. The van der Waals surface area contributed by atoms with Crippen LogP contribution in [0.5, 0.6) is 0 Å². The van der Waals surface area contributed by atoms with Crippen molar-refractivity contribution in [3.8, 4) is 0 Å². The molecule has 0 unspecified atom stereocenters. The molecular formula is C7H9F5O2. The molecule has 0 radical (unpaired) electrons. The van der Waals surface area contributed by atoms with Crippen LogP contribution >= 0.6 is 0 Å². The second-order valence-electron chi connectivity index (χ2n) is 2.63. The van der Waals surface area contributed by atoms with Gasteiger partial charge in [-0.2, -0.15) is 22.0 Å². The molecule has 0 aromatic heterocycles. The summed E-state index contributed by atoms with van der Waals surface area (Å²) in [7, 11) is 1.03. The Kier molecular flexibility index (Phi) is 4.28. The Balaban J connectivity index is 3.95. The van der Waals surface area contributed by atoms with Crippen molar-refractivity contribution in [2.45, 2.75) is 31.4 Å². The highest BCUT2D eigenvalue weighted by Crippen LogP contribution is 2.38. The number of esters is 1. The highest BCUT2D eigenvalue weighted by atomic mass is 19.4. The molecule has 0 saturated carbocycles. The molecule has 0 rings (SSSR count). The zero-order valence-electron chi connectivity index (χ0n) is 7.33. The van der Waals surface area contributed by atoms with Gasteiger partial charge in [-0.25, -0.2) is 0 Å². The maximum atomic E-state index is 12.2. The lowest BCUT2D eigenvalue weighted by molar-refractivity contribution is -0.284. The molecule has 0 aromatic carbocycles. The molecule has 0 saturated heterocycles. The molecule has 0 atom stereocenters. The van der Waals surface area contributed by atoms with Crippen LogP contribution in [0.1, 0.15) is 19.3 Å². The van der Waals surface area contributed by atoms with Crippen LogP contribution in [-0.4, -0.2) is 25.2 Å². The Morgan fingerprint density at radius 2 is 1.71 bits per heavy atom. The van der Waals surface area contributed by atoms with Gasteiger partial charge in [-0.3, -0.25) is 4.79 Å². The third-order valence-electron chi connectivity index (χ3n) is 1.51. The van der Waals surface area contributed by atoms with E-state index in [0.29, 0.717) is 0 Å². The van der Waals surface area contributed by atoms with E-state index in [9.17, 15) is 26.7 Å². The fraction of sp³-hybridized carbons (Fsp3) is 0.857. The molecule has 0 aromatic rings. The van der Waals surface area contributed by atoms with Gasteiger partial charge in [0.05, 0.1) is 7.11 Å². The Morgan fingerprint density at radius 1 is 1.21 bits per heavy atom. The van der Waals surface area contributed by atoms with Gasteiger partial charge in [0, 0.05) is 12.8 Å². The van der Waals surface area contributed by atoms with Crippen molar-refractivity contribution >= 4 is 5.97 Å². The first-order valence-corrected chi connectivity index (χ1v) is 3.72. The predicted octanol–water partition coefficient (Wildman–Crippen LogP) is 2.53. The predicted molar refractivity (Wildman–Crippen MR) is 36.9 cm³/mol. The standard InChI is InChI=1S/C7H9F5O2/c1-14-5(13)3-2-4-6(8,9)7(10,11)12/h2-4H2,1H3. The summed E-state index contributed by atoms with van der Waals surface area (Å²) >= 11 is 0. The first-order valence-electron chi connectivity index (χ1n) is 3.72. The van der Waals surface area contributed by atoms with Crippen molar-refractivity contribution in [2.75, 3.05) is 7.11 Å². The summed E-state index contributed by atoms with van der Waals surface area (Å²) in [4.78, 5) is 10.4. The average Bonchev–Trinajstić information content (AvgIpc) is 2.01. The van der Waals surface area contributed by atoms with Crippen molar-refractivity contribution in [2.24, 2.45) is 0 Å². The van der Waals surface area contributed by atoms with Gasteiger partial charge in [0.15, 0.2) is 0 Å². The third-order valence-corrected chi connectivity index (χ3v) is 1.51. The highest BCUT2D eigenvalue weighted by molar-refractivity contribution is 5.68. The molecular weight excluding hydrogens is 211 g/mol. The van der Waals surface area contributed by atoms with E-state index in [-0.39, 0.29) is 0 Å². The van der Waals surface area contributed by atoms with Gasteiger partial charge in [0.25, 0.3) is 0 Å². The van der Waals surface area contributed by atoms with E-state index in [1.807, 2.05) is 0 Å². The summed E-state index contributed by atoms with van der Waals surface area (Å²) in [5.74, 6) is -5.54. The van der Waals surface area contributed by atoms with Crippen molar-refractivity contribution in [1.82, 2.24) is 0 Å². The maximum Gasteiger partial charge on any atom is 0.453 e. The van der Waals surface area contributed by atoms with Gasteiger partial charge in [-0.05, 0) is 6.42 Å². The van der Waals surface area contributed by atoms with Crippen molar-refractivity contribution < 1.29 is 31.5 Å². The minimum absolute atomic E-state index is 0.442. The van der Waals surface area contributed by atoms with E-state index in [1.54, 1.807) is 0 Å². The zero-order chi connectivity index (χ0) is 11.4. The van der Waals surface area contributed by atoms with Crippen LogP contribution in [0.25, 0.3) is 0 Å². The lowest BCUT2D eigenvalue weighted by atomic mass is 10.1. The quantitative estimate of drug-likeness (QED) is 0.537. The second kappa shape index (κ2) is 4.56. The van der Waals surface area contributed by atoms with E-state index in [0.717, 1.165) is 7.11 Å². The topological polar surface area (TPSA) is 26.3 Å². The Bertz CT molecular complexity index is 199. The number of alkyl halides is 5. The van der Waals surface area contributed by atoms with E-state index in [1.165, 1.54) is 0 Å². The Hall–Kier alpha value is -0.880. The summed E-state index contributed by atoms with van der Waals surface area (Å²) in [6.45, 7) is 0. The molecule has 14 heavy (non-hydrogen) atoms. The fourth-order valence-corrected chi connectivity index (χ4v) is 0.699. The van der Waals surface area contributed by atoms with E-state index < -0.39 is 37.3 Å². The van der Waals surface area contributed by atoms with Crippen LogP contribution in [0.4, 0.5) is 22.0 Å². The summed E-state index contributed by atoms with van der Waals surface area (Å²) < 4.78 is 63.2. The van der Waals surface area contributed by atoms with Gasteiger partial charge < -0.3 is 4.74 Å². The molecule has 0 aliphatic carbocycles. The zero-order valence-corrected chi connectivity index (χ0v) is 7.33.